The highest BCUT2D eigenvalue weighted by atomic mass is 32.1. The lowest BCUT2D eigenvalue weighted by Crippen LogP contribution is -2.39. The van der Waals surface area contributed by atoms with Crippen LogP contribution in [0.25, 0.3) is 11.1 Å². The van der Waals surface area contributed by atoms with Gasteiger partial charge in [-0.3, -0.25) is 5.32 Å². The minimum atomic E-state index is -0.354. The molecule has 3 heterocycles. The zero-order chi connectivity index (χ0) is 17.2. The SMILES string of the molecule is Cc1ccc(-c2ccsc2)c(NC(=O)OCC2CC3CCC(C2)N3)c1. The molecule has 2 atom stereocenters. The molecule has 2 aromatic rings. The first-order valence-electron chi connectivity index (χ1n) is 9.00. The van der Waals surface area contributed by atoms with Gasteiger partial charge in [-0.05, 0) is 72.5 Å². The molecule has 2 saturated heterocycles. The Labute approximate surface area is 152 Å². The Bertz CT molecular complexity index is 732. The molecule has 2 fully saturated rings. The Morgan fingerprint density at radius 3 is 2.80 bits per heavy atom. The van der Waals surface area contributed by atoms with Gasteiger partial charge in [0, 0.05) is 17.6 Å². The van der Waals surface area contributed by atoms with E-state index in [9.17, 15) is 4.79 Å². The van der Waals surface area contributed by atoms with Crippen LogP contribution in [-0.4, -0.2) is 24.8 Å². The highest BCUT2D eigenvalue weighted by Crippen LogP contribution is 2.32. The number of carbonyl (C=O) groups is 1. The average Bonchev–Trinajstić information content (AvgIpc) is 3.23. The second kappa shape index (κ2) is 7.18. The molecular weight excluding hydrogens is 332 g/mol. The van der Waals surface area contributed by atoms with Crippen molar-refractivity contribution in [2.45, 2.75) is 44.7 Å². The molecule has 2 N–H and O–H groups in total. The van der Waals surface area contributed by atoms with E-state index in [4.69, 9.17) is 4.74 Å². The number of benzene rings is 1. The van der Waals surface area contributed by atoms with Crippen LogP contribution in [0, 0.1) is 12.8 Å². The van der Waals surface area contributed by atoms with E-state index in [2.05, 4.69) is 34.2 Å². The third-order valence-electron chi connectivity index (χ3n) is 5.26. The number of anilines is 1. The number of rotatable bonds is 4. The second-order valence-electron chi connectivity index (χ2n) is 7.26. The number of hydrogen-bond donors (Lipinski definition) is 2. The predicted molar refractivity (Wildman–Crippen MR) is 102 cm³/mol. The zero-order valence-corrected chi connectivity index (χ0v) is 15.3. The molecule has 0 saturated carbocycles. The Balaban J connectivity index is 1.38. The van der Waals surface area contributed by atoms with E-state index < -0.39 is 0 Å². The third-order valence-corrected chi connectivity index (χ3v) is 5.95. The Kier molecular flexibility index (Phi) is 4.77. The molecule has 5 heteroatoms. The van der Waals surface area contributed by atoms with Gasteiger partial charge in [-0.1, -0.05) is 12.1 Å². The van der Waals surface area contributed by atoms with Gasteiger partial charge in [-0.25, -0.2) is 4.79 Å². The second-order valence-corrected chi connectivity index (χ2v) is 8.04. The number of hydrogen-bond acceptors (Lipinski definition) is 4. The molecule has 1 amide bonds. The molecule has 2 bridgehead atoms. The fourth-order valence-corrected chi connectivity index (χ4v) is 4.74. The van der Waals surface area contributed by atoms with Gasteiger partial charge in [0.2, 0.25) is 0 Å². The van der Waals surface area contributed by atoms with Crippen LogP contribution < -0.4 is 10.6 Å². The first-order valence-corrected chi connectivity index (χ1v) is 9.94. The first kappa shape index (κ1) is 16.6. The van der Waals surface area contributed by atoms with Crippen molar-refractivity contribution in [1.82, 2.24) is 5.32 Å². The molecule has 25 heavy (non-hydrogen) atoms. The van der Waals surface area contributed by atoms with Gasteiger partial charge in [0.1, 0.15) is 0 Å². The van der Waals surface area contributed by atoms with Crippen LogP contribution in [0.5, 0.6) is 0 Å². The van der Waals surface area contributed by atoms with Gasteiger partial charge in [-0.2, -0.15) is 11.3 Å². The molecule has 2 aliphatic rings. The van der Waals surface area contributed by atoms with E-state index in [1.54, 1.807) is 11.3 Å². The number of piperidine rings is 1. The number of amides is 1. The fourth-order valence-electron chi connectivity index (χ4n) is 4.08. The van der Waals surface area contributed by atoms with Crippen LogP contribution in [0.15, 0.2) is 35.0 Å². The van der Waals surface area contributed by atoms with Gasteiger partial charge in [0.25, 0.3) is 0 Å². The van der Waals surface area contributed by atoms with E-state index in [-0.39, 0.29) is 6.09 Å². The van der Waals surface area contributed by atoms with Crippen molar-refractivity contribution in [3.8, 4) is 11.1 Å². The molecule has 2 unspecified atom stereocenters. The summed E-state index contributed by atoms with van der Waals surface area (Å²) < 4.78 is 5.55. The number of fused-ring (bicyclic) bond motifs is 2. The average molecular weight is 356 g/mol. The van der Waals surface area contributed by atoms with Gasteiger partial charge in [0.05, 0.1) is 12.3 Å². The smallest absolute Gasteiger partial charge is 0.411 e. The third kappa shape index (κ3) is 3.88. The highest BCUT2D eigenvalue weighted by molar-refractivity contribution is 7.08. The molecule has 1 aromatic carbocycles. The number of ether oxygens (including phenoxy) is 1. The summed E-state index contributed by atoms with van der Waals surface area (Å²) in [7, 11) is 0. The number of aryl methyl sites for hydroxylation is 1. The van der Waals surface area contributed by atoms with Gasteiger partial charge < -0.3 is 10.1 Å². The summed E-state index contributed by atoms with van der Waals surface area (Å²) >= 11 is 1.65. The first-order chi connectivity index (χ1) is 12.2. The Morgan fingerprint density at radius 1 is 1.28 bits per heavy atom. The summed E-state index contributed by atoms with van der Waals surface area (Å²) in [6, 6.07) is 9.43. The molecule has 1 aromatic heterocycles. The lowest BCUT2D eigenvalue weighted by atomic mass is 9.93. The van der Waals surface area contributed by atoms with Gasteiger partial charge >= 0.3 is 6.09 Å². The van der Waals surface area contributed by atoms with E-state index in [0.29, 0.717) is 24.6 Å². The van der Waals surface area contributed by atoms with Crippen LogP contribution in [0.1, 0.15) is 31.2 Å². The van der Waals surface area contributed by atoms with Gasteiger partial charge in [-0.15, -0.1) is 0 Å². The summed E-state index contributed by atoms with van der Waals surface area (Å²) in [4.78, 5) is 12.3. The predicted octanol–water partition coefficient (Wildman–Crippen LogP) is 4.80. The maximum Gasteiger partial charge on any atom is 0.411 e. The van der Waals surface area contributed by atoms with Crippen molar-refractivity contribution >= 4 is 23.1 Å². The van der Waals surface area contributed by atoms with Crippen LogP contribution in [0.3, 0.4) is 0 Å². The number of nitrogens with one attached hydrogen (secondary N) is 2. The molecule has 0 radical (unpaired) electrons. The van der Waals surface area contributed by atoms with Crippen molar-refractivity contribution in [1.29, 1.82) is 0 Å². The molecule has 0 spiro atoms. The molecule has 4 rings (SSSR count). The summed E-state index contributed by atoms with van der Waals surface area (Å²) in [5.41, 5.74) is 4.08. The normalized spacial score (nSPS) is 24.9. The topological polar surface area (TPSA) is 50.4 Å². The summed E-state index contributed by atoms with van der Waals surface area (Å²) in [6.45, 7) is 2.54. The lowest BCUT2D eigenvalue weighted by molar-refractivity contribution is 0.122. The minimum Gasteiger partial charge on any atom is -0.449 e. The van der Waals surface area contributed by atoms with Crippen LogP contribution in [0.2, 0.25) is 0 Å². The Hall–Kier alpha value is -1.85. The van der Waals surface area contributed by atoms with E-state index in [0.717, 1.165) is 35.2 Å². The summed E-state index contributed by atoms with van der Waals surface area (Å²) in [6.07, 6.45) is 4.41. The maximum absolute atomic E-state index is 12.3. The molecule has 0 aliphatic carbocycles. The fraction of sp³-hybridized carbons (Fsp3) is 0.450. The van der Waals surface area contributed by atoms with Gasteiger partial charge in [0.15, 0.2) is 0 Å². The van der Waals surface area contributed by atoms with E-state index in [1.807, 2.05) is 18.4 Å². The lowest BCUT2D eigenvalue weighted by Gasteiger charge is -2.28. The van der Waals surface area contributed by atoms with Crippen molar-refractivity contribution in [3.05, 3.63) is 40.6 Å². The van der Waals surface area contributed by atoms with Crippen LogP contribution in [-0.2, 0) is 4.74 Å². The number of thiophene rings is 1. The van der Waals surface area contributed by atoms with E-state index >= 15 is 0 Å². The minimum absolute atomic E-state index is 0.354. The quantitative estimate of drug-likeness (QED) is 0.827. The summed E-state index contributed by atoms with van der Waals surface area (Å²) in [5.74, 6) is 0.485. The molecule has 2 aliphatic heterocycles. The van der Waals surface area contributed by atoms with Crippen molar-refractivity contribution in [3.63, 3.8) is 0 Å². The highest BCUT2D eigenvalue weighted by Gasteiger charge is 2.33. The van der Waals surface area contributed by atoms with Crippen LogP contribution in [0.4, 0.5) is 10.5 Å². The standard InChI is InChI=1S/C20H24N2O2S/c1-13-2-5-18(15-6-7-25-12-15)19(8-13)22-20(23)24-11-14-9-16-3-4-17(10-14)21-16/h2,5-8,12,14,16-17,21H,3-4,9-11H2,1H3,(H,22,23). The molecule has 132 valence electrons. The maximum atomic E-state index is 12.3. The Morgan fingerprint density at radius 2 is 2.08 bits per heavy atom. The zero-order valence-electron chi connectivity index (χ0n) is 14.5. The van der Waals surface area contributed by atoms with E-state index in [1.165, 1.54) is 12.8 Å². The number of carbonyl (C=O) groups excluding carboxylic acids is 1. The van der Waals surface area contributed by atoms with Crippen LogP contribution >= 0.6 is 11.3 Å². The van der Waals surface area contributed by atoms with Crippen molar-refractivity contribution in [2.75, 3.05) is 11.9 Å². The molecular formula is C20H24N2O2S. The largest absolute Gasteiger partial charge is 0.449 e. The summed E-state index contributed by atoms with van der Waals surface area (Å²) in [5, 5.41) is 10.7. The van der Waals surface area contributed by atoms with Crippen molar-refractivity contribution < 1.29 is 9.53 Å². The molecule has 4 nitrogen and oxygen atoms in total. The monoisotopic (exact) mass is 356 g/mol. The van der Waals surface area contributed by atoms with Crippen molar-refractivity contribution in [2.24, 2.45) is 5.92 Å².